The van der Waals surface area contributed by atoms with Crippen LogP contribution in [0.1, 0.15) is 38.8 Å². The SMILES string of the molecule is CCCNC(C)c1ccc(Oc2cnn(CC)c2)c(F)c1. The van der Waals surface area contributed by atoms with Crippen LogP contribution < -0.4 is 10.1 Å². The van der Waals surface area contributed by atoms with Crippen LogP contribution in [0.15, 0.2) is 30.6 Å². The lowest BCUT2D eigenvalue weighted by molar-refractivity contribution is 0.439. The standard InChI is InChI=1S/C16H22FN3O/c1-4-8-18-12(3)13-6-7-16(15(17)9-13)21-14-10-19-20(5-2)11-14/h6-7,9-12,18H,4-5,8H2,1-3H3. The average Bonchev–Trinajstić information content (AvgIpc) is 2.94. The van der Waals surface area contributed by atoms with Crippen LogP contribution in [0.3, 0.4) is 0 Å². The van der Waals surface area contributed by atoms with Gasteiger partial charge in [0, 0.05) is 12.6 Å². The fourth-order valence-corrected chi connectivity index (χ4v) is 2.05. The molecule has 0 radical (unpaired) electrons. The highest BCUT2D eigenvalue weighted by Crippen LogP contribution is 2.26. The number of rotatable bonds is 7. The van der Waals surface area contributed by atoms with Crippen molar-refractivity contribution in [1.29, 1.82) is 0 Å². The van der Waals surface area contributed by atoms with Crippen LogP contribution in [-0.4, -0.2) is 16.3 Å². The highest BCUT2D eigenvalue weighted by Gasteiger charge is 2.11. The number of nitrogens with zero attached hydrogens (tertiary/aromatic N) is 2. The van der Waals surface area contributed by atoms with Gasteiger partial charge in [-0.3, -0.25) is 4.68 Å². The first-order valence-electron chi connectivity index (χ1n) is 7.37. The van der Waals surface area contributed by atoms with Gasteiger partial charge in [0.2, 0.25) is 0 Å². The molecule has 0 spiro atoms. The fourth-order valence-electron chi connectivity index (χ4n) is 2.05. The molecule has 1 N–H and O–H groups in total. The summed E-state index contributed by atoms with van der Waals surface area (Å²) in [5, 5.41) is 7.43. The van der Waals surface area contributed by atoms with E-state index >= 15 is 0 Å². The van der Waals surface area contributed by atoms with Gasteiger partial charge < -0.3 is 10.1 Å². The van der Waals surface area contributed by atoms with E-state index in [0.29, 0.717) is 5.75 Å². The third kappa shape index (κ3) is 4.04. The highest BCUT2D eigenvalue weighted by molar-refractivity contribution is 5.34. The van der Waals surface area contributed by atoms with Gasteiger partial charge in [-0.1, -0.05) is 13.0 Å². The minimum absolute atomic E-state index is 0.122. The summed E-state index contributed by atoms with van der Waals surface area (Å²) < 4.78 is 21.4. The maximum atomic E-state index is 14.1. The fraction of sp³-hybridized carbons (Fsp3) is 0.438. The lowest BCUT2D eigenvalue weighted by atomic mass is 10.1. The molecule has 2 aromatic rings. The van der Waals surface area contributed by atoms with E-state index in [0.717, 1.165) is 25.1 Å². The molecule has 0 amide bonds. The molecule has 0 saturated heterocycles. The molecular weight excluding hydrogens is 269 g/mol. The zero-order chi connectivity index (χ0) is 15.2. The largest absolute Gasteiger partial charge is 0.451 e. The van der Waals surface area contributed by atoms with E-state index in [9.17, 15) is 4.39 Å². The third-order valence-corrected chi connectivity index (χ3v) is 3.32. The molecule has 1 aromatic heterocycles. The van der Waals surface area contributed by atoms with E-state index in [-0.39, 0.29) is 17.6 Å². The number of aromatic nitrogens is 2. The van der Waals surface area contributed by atoms with Gasteiger partial charge in [-0.25, -0.2) is 4.39 Å². The van der Waals surface area contributed by atoms with Crippen LogP contribution in [0.2, 0.25) is 0 Å². The Hall–Kier alpha value is -1.88. The van der Waals surface area contributed by atoms with Crippen LogP contribution in [0.25, 0.3) is 0 Å². The van der Waals surface area contributed by atoms with Crippen molar-refractivity contribution in [1.82, 2.24) is 15.1 Å². The Bertz CT molecular complexity index is 583. The number of ether oxygens (including phenoxy) is 1. The summed E-state index contributed by atoms with van der Waals surface area (Å²) in [5.74, 6) is 0.402. The van der Waals surface area contributed by atoms with Crippen LogP contribution in [-0.2, 0) is 6.54 Å². The predicted octanol–water partition coefficient (Wildman–Crippen LogP) is 3.90. The minimum atomic E-state index is -0.359. The number of halogens is 1. The van der Waals surface area contributed by atoms with Crippen molar-refractivity contribution < 1.29 is 9.13 Å². The Balaban J connectivity index is 2.08. The van der Waals surface area contributed by atoms with E-state index in [1.165, 1.54) is 6.07 Å². The van der Waals surface area contributed by atoms with Gasteiger partial charge in [0.05, 0.1) is 12.4 Å². The van der Waals surface area contributed by atoms with Crippen molar-refractivity contribution in [2.24, 2.45) is 0 Å². The zero-order valence-electron chi connectivity index (χ0n) is 12.8. The van der Waals surface area contributed by atoms with Gasteiger partial charge in [-0.2, -0.15) is 5.10 Å². The quantitative estimate of drug-likeness (QED) is 0.841. The monoisotopic (exact) mass is 291 g/mol. The number of hydrogen-bond acceptors (Lipinski definition) is 3. The van der Waals surface area contributed by atoms with Gasteiger partial charge in [-0.05, 0) is 44.5 Å². The zero-order valence-corrected chi connectivity index (χ0v) is 12.8. The summed E-state index contributed by atoms with van der Waals surface area (Å²) in [5.41, 5.74) is 0.914. The average molecular weight is 291 g/mol. The second-order valence-electron chi connectivity index (χ2n) is 5.00. The molecule has 0 aliphatic heterocycles. The van der Waals surface area contributed by atoms with Gasteiger partial charge in [-0.15, -0.1) is 0 Å². The minimum Gasteiger partial charge on any atom is -0.451 e. The van der Waals surface area contributed by atoms with Gasteiger partial charge in [0.15, 0.2) is 17.3 Å². The first-order chi connectivity index (χ1) is 10.1. The van der Waals surface area contributed by atoms with E-state index in [1.54, 1.807) is 23.1 Å². The van der Waals surface area contributed by atoms with Gasteiger partial charge in [0.1, 0.15) is 0 Å². The summed E-state index contributed by atoms with van der Waals surface area (Å²) >= 11 is 0. The second kappa shape index (κ2) is 7.22. The molecule has 1 heterocycles. The molecule has 2 rings (SSSR count). The van der Waals surface area contributed by atoms with Crippen molar-refractivity contribution in [3.8, 4) is 11.5 Å². The molecule has 1 atom stereocenters. The maximum absolute atomic E-state index is 14.1. The molecular formula is C16H22FN3O. The number of nitrogens with one attached hydrogen (secondary N) is 1. The first kappa shape index (κ1) is 15.5. The first-order valence-corrected chi connectivity index (χ1v) is 7.37. The van der Waals surface area contributed by atoms with Crippen molar-refractivity contribution in [3.63, 3.8) is 0 Å². The third-order valence-electron chi connectivity index (χ3n) is 3.32. The summed E-state index contributed by atoms with van der Waals surface area (Å²) in [6.45, 7) is 7.78. The Labute approximate surface area is 124 Å². The lowest BCUT2D eigenvalue weighted by Crippen LogP contribution is -2.19. The number of benzene rings is 1. The smallest absolute Gasteiger partial charge is 0.166 e. The molecule has 1 unspecified atom stereocenters. The van der Waals surface area contributed by atoms with Crippen LogP contribution in [0.5, 0.6) is 11.5 Å². The van der Waals surface area contributed by atoms with E-state index in [2.05, 4.69) is 17.3 Å². The van der Waals surface area contributed by atoms with Crippen molar-refractivity contribution >= 4 is 0 Å². The Morgan fingerprint density at radius 2 is 2.19 bits per heavy atom. The van der Waals surface area contributed by atoms with Crippen molar-refractivity contribution in [2.45, 2.75) is 39.8 Å². The van der Waals surface area contributed by atoms with Crippen LogP contribution in [0, 0.1) is 5.82 Å². The van der Waals surface area contributed by atoms with Gasteiger partial charge >= 0.3 is 0 Å². The molecule has 1 aromatic carbocycles. The Kier molecular flexibility index (Phi) is 5.33. The second-order valence-corrected chi connectivity index (χ2v) is 5.00. The summed E-state index contributed by atoms with van der Waals surface area (Å²) in [6.07, 6.45) is 4.39. The molecule has 0 saturated carbocycles. The molecule has 114 valence electrons. The lowest BCUT2D eigenvalue weighted by Gasteiger charge is -2.14. The number of aryl methyl sites for hydroxylation is 1. The van der Waals surface area contributed by atoms with Crippen LogP contribution in [0.4, 0.5) is 4.39 Å². The molecule has 0 fully saturated rings. The van der Waals surface area contributed by atoms with E-state index in [1.807, 2.05) is 19.9 Å². The molecule has 5 heteroatoms. The molecule has 0 aliphatic rings. The Morgan fingerprint density at radius 3 is 2.81 bits per heavy atom. The molecule has 0 bridgehead atoms. The van der Waals surface area contributed by atoms with E-state index < -0.39 is 0 Å². The topological polar surface area (TPSA) is 39.1 Å². The van der Waals surface area contributed by atoms with Crippen molar-refractivity contribution in [3.05, 3.63) is 42.0 Å². The predicted molar refractivity (Wildman–Crippen MR) is 81.1 cm³/mol. The van der Waals surface area contributed by atoms with E-state index in [4.69, 9.17) is 4.74 Å². The molecule has 21 heavy (non-hydrogen) atoms. The molecule has 4 nitrogen and oxygen atoms in total. The molecule has 0 aliphatic carbocycles. The highest BCUT2D eigenvalue weighted by atomic mass is 19.1. The Morgan fingerprint density at radius 1 is 1.38 bits per heavy atom. The van der Waals surface area contributed by atoms with Gasteiger partial charge in [0.25, 0.3) is 0 Å². The maximum Gasteiger partial charge on any atom is 0.166 e. The summed E-state index contributed by atoms with van der Waals surface area (Å²) in [6, 6.07) is 5.19. The van der Waals surface area contributed by atoms with Crippen LogP contribution >= 0.6 is 0 Å². The summed E-state index contributed by atoms with van der Waals surface area (Å²) in [7, 11) is 0. The number of hydrogen-bond donors (Lipinski definition) is 1. The normalized spacial score (nSPS) is 12.4. The summed E-state index contributed by atoms with van der Waals surface area (Å²) in [4.78, 5) is 0. The van der Waals surface area contributed by atoms with Crippen molar-refractivity contribution in [2.75, 3.05) is 6.54 Å².